The first-order chi connectivity index (χ1) is 15.0. The van der Waals surface area contributed by atoms with Gasteiger partial charge in [0.15, 0.2) is 0 Å². The Morgan fingerprint density at radius 3 is 2.45 bits per heavy atom. The Hall–Kier alpha value is -2.19. The number of likely N-dealkylation sites (tertiary alicyclic amines) is 1. The van der Waals surface area contributed by atoms with E-state index in [0.717, 1.165) is 31.5 Å². The second-order valence-corrected chi connectivity index (χ2v) is 9.13. The van der Waals surface area contributed by atoms with Crippen molar-refractivity contribution in [2.45, 2.75) is 46.0 Å². The van der Waals surface area contributed by atoms with Crippen LogP contribution in [0.2, 0.25) is 0 Å². The molecule has 1 saturated heterocycles. The minimum Gasteiger partial charge on any atom is -0.392 e. The fourth-order valence-corrected chi connectivity index (χ4v) is 4.58. The molecule has 0 bridgehead atoms. The number of hydrogen-bond donors (Lipinski definition) is 3. The van der Waals surface area contributed by atoms with Gasteiger partial charge in [0.2, 0.25) is 5.91 Å². The van der Waals surface area contributed by atoms with Gasteiger partial charge in [-0.1, -0.05) is 12.1 Å². The van der Waals surface area contributed by atoms with E-state index in [0.29, 0.717) is 24.0 Å². The molecule has 31 heavy (non-hydrogen) atoms. The van der Waals surface area contributed by atoms with Crippen LogP contribution in [0.1, 0.15) is 45.1 Å². The lowest BCUT2D eigenvalue weighted by Gasteiger charge is -2.24. The summed E-state index contributed by atoms with van der Waals surface area (Å²) in [5.41, 5.74) is 8.45. The minimum atomic E-state index is -0.326. The maximum atomic E-state index is 12.5. The molecular weight excluding hydrogens is 410 g/mol. The standard InChI is InChI=1S/C23H35N5O2S/c1-3-28(17(2)29)23(21(24)22(30)25-16-19-6-7-19)31-26-20-10-8-18(9-11-20)12-15-27-13-4-5-14-27/h8-11,19,26H,3-7,12-16,24H2,1-2H3,(H,25,30)/b23-21+. The normalized spacial score (nSPS) is 17.2. The molecular formula is C23H35N5O2S. The van der Waals surface area contributed by atoms with E-state index in [9.17, 15) is 9.59 Å². The van der Waals surface area contributed by atoms with E-state index in [-0.39, 0.29) is 17.5 Å². The zero-order valence-corrected chi connectivity index (χ0v) is 19.5. The SMILES string of the molecule is CCN(C(C)=O)/C(SNc1ccc(CCN2CCCC2)cc1)=C(\N)C(=O)NCC1CC1. The van der Waals surface area contributed by atoms with Crippen molar-refractivity contribution in [2.24, 2.45) is 11.7 Å². The zero-order chi connectivity index (χ0) is 22.2. The van der Waals surface area contributed by atoms with Crippen molar-refractivity contribution in [3.05, 3.63) is 40.6 Å². The van der Waals surface area contributed by atoms with Gasteiger partial charge in [0.25, 0.3) is 5.91 Å². The van der Waals surface area contributed by atoms with Crippen molar-refractivity contribution >= 4 is 29.4 Å². The average Bonchev–Trinajstić information content (AvgIpc) is 3.46. The van der Waals surface area contributed by atoms with Crippen LogP contribution < -0.4 is 15.8 Å². The molecule has 1 saturated carbocycles. The predicted molar refractivity (Wildman–Crippen MR) is 127 cm³/mol. The molecule has 0 atom stereocenters. The summed E-state index contributed by atoms with van der Waals surface area (Å²) in [6.45, 7) is 7.95. The summed E-state index contributed by atoms with van der Waals surface area (Å²) in [5.74, 6) is 0.0835. The van der Waals surface area contributed by atoms with E-state index in [1.165, 1.54) is 55.3 Å². The monoisotopic (exact) mass is 445 g/mol. The van der Waals surface area contributed by atoms with Crippen molar-refractivity contribution in [1.82, 2.24) is 15.1 Å². The molecule has 1 aliphatic carbocycles. The van der Waals surface area contributed by atoms with Gasteiger partial charge in [0, 0.05) is 44.2 Å². The first-order valence-electron chi connectivity index (χ1n) is 11.3. The Labute approximate surface area is 189 Å². The van der Waals surface area contributed by atoms with Gasteiger partial charge in [-0.3, -0.25) is 9.59 Å². The van der Waals surface area contributed by atoms with Crippen LogP contribution >= 0.6 is 11.9 Å². The lowest BCUT2D eigenvalue weighted by Crippen LogP contribution is -2.36. The number of nitrogens with two attached hydrogens (primary N) is 1. The van der Waals surface area contributed by atoms with Crippen LogP contribution in [0.4, 0.5) is 5.69 Å². The molecule has 7 nitrogen and oxygen atoms in total. The van der Waals surface area contributed by atoms with Crippen molar-refractivity contribution in [2.75, 3.05) is 37.4 Å². The van der Waals surface area contributed by atoms with Gasteiger partial charge in [-0.2, -0.15) is 0 Å². The fourth-order valence-electron chi connectivity index (χ4n) is 3.66. The van der Waals surface area contributed by atoms with Crippen LogP contribution in [0.25, 0.3) is 0 Å². The maximum absolute atomic E-state index is 12.5. The average molecular weight is 446 g/mol. The summed E-state index contributed by atoms with van der Waals surface area (Å²) < 4.78 is 3.25. The number of benzene rings is 1. The summed E-state index contributed by atoms with van der Waals surface area (Å²) in [7, 11) is 0. The van der Waals surface area contributed by atoms with Crippen LogP contribution in [-0.2, 0) is 16.0 Å². The Bertz CT molecular complexity index is 786. The van der Waals surface area contributed by atoms with Gasteiger partial charge in [0.1, 0.15) is 10.7 Å². The van der Waals surface area contributed by atoms with Crippen molar-refractivity contribution in [3.63, 3.8) is 0 Å². The number of rotatable bonds is 11. The Morgan fingerprint density at radius 1 is 1.19 bits per heavy atom. The van der Waals surface area contributed by atoms with Crippen molar-refractivity contribution in [3.8, 4) is 0 Å². The molecule has 2 fully saturated rings. The molecule has 0 spiro atoms. The van der Waals surface area contributed by atoms with Gasteiger partial charge in [-0.25, -0.2) is 0 Å². The number of carbonyl (C=O) groups is 2. The molecule has 2 aliphatic rings. The zero-order valence-electron chi connectivity index (χ0n) is 18.7. The highest BCUT2D eigenvalue weighted by Crippen LogP contribution is 2.28. The highest BCUT2D eigenvalue weighted by molar-refractivity contribution is 8.04. The fraction of sp³-hybridized carbons (Fsp3) is 0.565. The topological polar surface area (TPSA) is 90.7 Å². The van der Waals surface area contributed by atoms with E-state index in [2.05, 4.69) is 27.1 Å². The van der Waals surface area contributed by atoms with Crippen molar-refractivity contribution < 1.29 is 9.59 Å². The number of nitrogens with zero attached hydrogens (tertiary/aromatic N) is 2. The molecule has 8 heteroatoms. The van der Waals surface area contributed by atoms with E-state index in [4.69, 9.17) is 5.73 Å². The molecule has 2 amide bonds. The van der Waals surface area contributed by atoms with Crippen LogP contribution in [0, 0.1) is 5.92 Å². The number of anilines is 1. The molecule has 0 unspecified atom stereocenters. The first-order valence-corrected chi connectivity index (χ1v) is 12.1. The summed E-state index contributed by atoms with van der Waals surface area (Å²) >= 11 is 1.20. The van der Waals surface area contributed by atoms with Crippen LogP contribution in [-0.4, -0.2) is 54.3 Å². The van der Waals surface area contributed by atoms with Crippen LogP contribution in [0.3, 0.4) is 0 Å². The van der Waals surface area contributed by atoms with E-state index in [1.807, 2.05) is 19.1 Å². The minimum absolute atomic E-state index is 0.0671. The molecule has 0 aromatic heterocycles. The molecule has 1 aromatic carbocycles. The Kier molecular flexibility index (Phi) is 8.66. The van der Waals surface area contributed by atoms with Gasteiger partial charge < -0.3 is 25.6 Å². The van der Waals surface area contributed by atoms with Gasteiger partial charge >= 0.3 is 0 Å². The predicted octanol–water partition coefficient (Wildman–Crippen LogP) is 2.91. The molecule has 3 rings (SSSR count). The number of carbonyl (C=O) groups excluding carboxylic acids is 2. The summed E-state index contributed by atoms with van der Waals surface area (Å²) in [6, 6.07) is 8.29. The van der Waals surface area contributed by atoms with E-state index >= 15 is 0 Å². The van der Waals surface area contributed by atoms with Crippen molar-refractivity contribution in [1.29, 1.82) is 0 Å². The lowest BCUT2D eigenvalue weighted by molar-refractivity contribution is -0.126. The summed E-state index contributed by atoms with van der Waals surface area (Å²) in [5, 5.41) is 3.31. The first kappa shape index (κ1) is 23.5. The maximum Gasteiger partial charge on any atom is 0.269 e. The number of hydrogen-bond acceptors (Lipinski definition) is 6. The Balaban J connectivity index is 1.61. The lowest BCUT2D eigenvalue weighted by atomic mass is 10.1. The molecule has 4 N–H and O–H groups in total. The number of nitrogens with one attached hydrogen (secondary N) is 2. The highest BCUT2D eigenvalue weighted by Gasteiger charge is 2.25. The van der Waals surface area contributed by atoms with E-state index in [1.54, 1.807) is 0 Å². The third-order valence-corrected chi connectivity index (χ3v) is 6.77. The molecule has 1 aliphatic heterocycles. The van der Waals surface area contributed by atoms with Crippen LogP contribution in [0.15, 0.2) is 35.0 Å². The summed E-state index contributed by atoms with van der Waals surface area (Å²) in [4.78, 5) is 28.7. The molecule has 0 radical (unpaired) electrons. The third kappa shape index (κ3) is 7.18. The molecule has 1 heterocycles. The molecule has 1 aromatic rings. The Morgan fingerprint density at radius 2 is 1.87 bits per heavy atom. The quantitative estimate of drug-likeness (QED) is 0.358. The second-order valence-electron chi connectivity index (χ2n) is 8.34. The third-order valence-electron chi connectivity index (χ3n) is 5.80. The highest BCUT2D eigenvalue weighted by atomic mass is 32.2. The van der Waals surface area contributed by atoms with Gasteiger partial charge in [-0.05, 0) is 75.7 Å². The molecule has 170 valence electrons. The summed E-state index contributed by atoms with van der Waals surface area (Å²) in [6.07, 6.45) is 5.96. The van der Waals surface area contributed by atoms with E-state index < -0.39 is 0 Å². The largest absolute Gasteiger partial charge is 0.392 e. The van der Waals surface area contributed by atoms with Crippen LogP contribution in [0.5, 0.6) is 0 Å². The smallest absolute Gasteiger partial charge is 0.269 e. The number of amides is 2. The van der Waals surface area contributed by atoms with Gasteiger partial charge in [-0.15, -0.1) is 0 Å². The second kappa shape index (κ2) is 11.4. The van der Waals surface area contributed by atoms with Gasteiger partial charge in [0.05, 0.1) is 0 Å².